The van der Waals surface area contributed by atoms with Crippen LogP contribution in [0.1, 0.15) is 18.7 Å². The Balaban J connectivity index is 1.63. The summed E-state index contributed by atoms with van der Waals surface area (Å²) in [6.45, 7) is -0.374. The van der Waals surface area contributed by atoms with Crippen LogP contribution in [0.25, 0.3) is 16.9 Å². The van der Waals surface area contributed by atoms with Crippen LogP contribution in [0, 0.1) is 0 Å². The molecule has 4 rings (SSSR count). The number of carbonyl (C=O) groups excluding carboxylic acids is 1. The Morgan fingerprint density at radius 2 is 2.16 bits per heavy atom. The van der Waals surface area contributed by atoms with E-state index in [1.54, 1.807) is 31.6 Å². The van der Waals surface area contributed by atoms with E-state index in [2.05, 4.69) is 30.6 Å². The van der Waals surface area contributed by atoms with Crippen LogP contribution < -0.4 is 15.4 Å². The van der Waals surface area contributed by atoms with Gasteiger partial charge in [0.05, 0.1) is 37.1 Å². The molecule has 1 unspecified atom stereocenters. The van der Waals surface area contributed by atoms with Crippen molar-refractivity contribution in [3.63, 3.8) is 0 Å². The molecule has 14 heteroatoms. The highest BCUT2D eigenvalue weighted by molar-refractivity contribution is 6.31. The van der Waals surface area contributed by atoms with E-state index in [1.165, 1.54) is 33.6 Å². The molecule has 3 aromatic heterocycles. The summed E-state index contributed by atoms with van der Waals surface area (Å²) in [5, 5.41) is 25.8. The quantitative estimate of drug-likeness (QED) is 0.142. The lowest BCUT2D eigenvalue weighted by molar-refractivity contribution is -0.142. The van der Waals surface area contributed by atoms with E-state index >= 15 is 0 Å². The van der Waals surface area contributed by atoms with Gasteiger partial charge in [0.2, 0.25) is 0 Å². The van der Waals surface area contributed by atoms with Gasteiger partial charge in [-0.2, -0.15) is 19.0 Å². The highest BCUT2D eigenvalue weighted by atomic mass is 35.5. The number of benzene rings is 1. The molecular formula is C23H24ClF2N7O4. The minimum atomic E-state index is -3.07. The van der Waals surface area contributed by atoms with E-state index in [-0.39, 0.29) is 41.2 Å². The Labute approximate surface area is 215 Å². The van der Waals surface area contributed by atoms with Gasteiger partial charge >= 0.3 is 12.6 Å². The molecule has 0 radical (unpaired) electrons. The smallest absolute Gasteiger partial charge is 0.387 e. The molecule has 1 atom stereocenters. The van der Waals surface area contributed by atoms with E-state index in [1.807, 2.05) is 0 Å². The number of ether oxygens (including phenoxy) is 2. The lowest BCUT2D eigenvalue weighted by Crippen LogP contribution is -2.27. The average Bonchev–Trinajstić information content (AvgIpc) is 3.47. The number of anilines is 1. The summed E-state index contributed by atoms with van der Waals surface area (Å²) in [5.41, 5.74) is 1.55. The number of aliphatic hydroxyl groups excluding tert-OH is 1. The number of hydrogen-bond donors (Lipinski definition) is 3. The first-order valence-corrected chi connectivity index (χ1v) is 11.6. The van der Waals surface area contributed by atoms with Gasteiger partial charge in [0.25, 0.3) is 0 Å². The Hall–Kier alpha value is -3.81. The maximum absolute atomic E-state index is 13.1. The number of alkyl halides is 2. The van der Waals surface area contributed by atoms with Crippen LogP contribution in [0.3, 0.4) is 0 Å². The van der Waals surface area contributed by atoms with Crippen molar-refractivity contribution in [2.75, 3.05) is 25.0 Å². The van der Waals surface area contributed by atoms with E-state index in [9.17, 15) is 18.7 Å². The van der Waals surface area contributed by atoms with E-state index in [0.29, 0.717) is 30.0 Å². The molecule has 0 aliphatic carbocycles. The fourth-order valence-electron chi connectivity index (χ4n) is 3.59. The van der Waals surface area contributed by atoms with Gasteiger partial charge in [0, 0.05) is 35.7 Å². The molecule has 11 nitrogen and oxygen atoms in total. The van der Waals surface area contributed by atoms with Crippen molar-refractivity contribution in [2.45, 2.75) is 26.3 Å². The van der Waals surface area contributed by atoms with Crippen molar-refractivity contribution in [2.24, 2.45) is 0 Å². The monoisotopic (exact) mass is 535 g/mol. The standard InChI is InChI=1S/C23H24ClF2N7O4/c1-2-36-19(34)12-27-7-9-32-13-17(30-22(35)16-11-29-33-8-3-6-28-21(16)33)20(31-32)15-10-14(24)4-5-18(15)37-23(25)26/h3-6,8,10-11,13,22-23,27,30,35H,2,7,9,12H2,1H3. The third-order valence-corrected chi connectivity index (χ3v) is 5.40. The lowest BCUT2D eigenvalue weighted by Gasteiger charge is -2.14. The zero-order valence-electron chi connectivity index (χ0n) is 19.6. The van der Waals surface area contributed by atoms with Crippen LogP contribution in [0.4, 0.5) is 14.5 Å². The van der Waals surface area contributed by atoms with Crippen molar-refractivity contribution in [3.05, 3.63) is 59.6 Å². The average molecular weight is 536 g/mol. The molecule has 0 saturated carbocycles. The highest BCUT2D eigenvalue weighted by Crippen LogP contribution is 2.38. The molecule has 0 amide bonds. The van der Waals surface area contributed by atoms with E-state index in [0.717, 1.165) is 0 Å². The number of carbonyl (C=O) groups is 1. The van der Waals surface area contributed by atoms with Gasteiger partial charge in [-0.05, 0) is 31.2 Å². The van der Waals surface area contributed by atoms with Crippen LogP contribution in [0.15, 0.2) is 49.1 Å². The Bertz CT molecular complexity index is 1360. The number of rotatable bonds is 12. The number of aromatic nitrogens is 5. The maximum atomic E-state index is 13.1. The first-order chi connectivity index (χ1) is 17.9. The summed E-state index contributed by atoms with van der Waals surface area (Å²) >= 11 is 6.15. The topological polar surface area (TPSA) is 128 Å². The van der Waals surface area contributed by atoms with Crippen molar-refractivity contribution in [3.8, 4) is 17.0 Å². The summed E-state index contributed by atoms with van der Waals surface area (Å²) in [5.74, 6) is -0.524. The number of hydrogen-bond acceptors (Lipinski definition) is 9. The summed E-state index contributed by atoms with van der Waals surface area (Å²) in [4.78, 5) is 15.8. The number of nitrogens with zero attached hydrogens (tertiary/aromatic N) is 5. The Morgan fingerprint density at radius 1 is 1.32 bits per heavy atom. The third kappa shape index (κ3) is 6.50. The van der Waals surface area contributed by atoms with Gasteiger partial charge in [-0.25, -0.2) is 9.50 Å². The minimum absolute atomic E-state index is 0.0220. The first kappa shape index (κ1) is 26.3. The molecule has 3 heterocycles. The highest BCUT2D eigenvalue weighted by Gasteiger charge is 2.22. The molecule has 0 aliphatic heterocycles. The molecule has 4 aromatic rings. The van der Waals surface area contributed by atoms with Gasteiger partial charge < -0.3 is 25.2 Å². The molecule has 1 aromatic carbocycles. The van der Waals surface area contributed by atoms with Crippen LogP contribution in [-0.2, 0) is 16.1 Å². The molecule has 196 valence electrons. The fraction of sp³-hybridized carbons (Fsp3) is 0.304. The molecule has 37 heavy (non-hydrogen) atoms. The first-order valence-electron chi connectivity index (χ1n) is 11.3. The number of fused-ring (bicyclic) bond motifs is 1. The second-order valence-electron chi connectivity index (χ2n) is 7.69. The molecule has 0 fully saturated rings. The zero-order valence-corrected chi connectivity index (χ0v) is 20.4. The zero-order chi connectivity index (χ0) is 26.4. The number of halogens is 3. The predicted molar refractivity (Wildman–Crippen MR) is 130 cm³/mol. The Morgan fingerprint density at radius 3 is 2.95 bits per heavy atom. The third-order valence-electron chi connectivity index (χ3n) is 5.16. The van der Waals surface area contributed by atoms with Crippen molar-refractivity contribution in [1.29, 1.82) is 0 Å². The van der Waals surface area contributed by atoms with Crippen LogP contribution in [-0.4, -0.2) is 61.8 Å². The van der Waals surface area contributed by atoms with Gasteiger partial charge in [0.15, 0.2) is 11.9 Å². The van der Waals surface area contributed by atoms with Crippen LogP contribution >= 0.6 is 11.6 Å². The summed E-state index contributed by atoms with van der Waals surface area (Å²) in [6.07, 6.45) is 5.06. The van der Waals surface area contributed by atoms with E-state index < -0.39 is 12.8 Å². The number of esters is 1. The summed E-state index contributed by atoms with van der Waals surface area (Å²) < 4.78 is 38.8. The van der Waals surface area contributed by atoms with Gasteiger partial charge in [-0.1, -0.05) is 11.6 Å². The Kier molecular flexibility index (Phi) is 8.48. The number of nitrogens with one attached hydrogen (secondary N) is 2. The van der Waals surface area contributed by atoms with E-state index in [4.69, 9.17) is 16.3 Å². The largest absolute Gasteiger partial charge is 0.465 e. The molecule has 0 bridgehead atoms. The van der Waals surface area contributed by atoms with Gasteiger partial charge in [-0.3, -0.25) is 9.48 Å². The second-order valence-corrected chi connectivity index (χ2v) is 8.13. The summed E-state index contributed by atoms with van der Waals surface area (Å²) in [6, 6.07) is 5.88. The van der Waals surface area contributed by atoms with Crippen molar-refractivity contribution < 1.29 is 28.2 Å². The van der Waals surface area contributed by atoms with Gasteiger partial charge in [-0.15, -0.1) is 0 Å². The predicted octanol–water partition coefficient (Wildman–Crippen LogP) is 3.10. The van der Waals surface area contributed by atoms with Crippen molar-refractivity contribution >= 4 is 28.9 Å². The number of aliphatic hydroxyl groups is 1. The molecular weight excluding hydrogens is 512 g/mol. The maximum Gasteiger partial charge on any atom is 0.387 e. The lowest BCUT2D eigenvalue weighted by atomic mass is 10.1. The van der Waals surface area contributed by atoms with Crippen LogP contribution in [0.5, 0.6) is 5.75 Å². The fourth-order valence-corrected chi connectivity index (χ4v) is 3.76. The second kappa shape index (κ2) is 12.0. The SMILES string of the molecule is CCOC(=O)CNCCn1cc(NC(O)c2cnn3cccnc23)c(-c2cc(Cl)ccc2OC(F)F)n1. The molecule has 3 N–H and O–H groups in total. The molecule has 0 spiro atoms. The van der Waals surface area contributed by atoms with Gasteiger partial charge in [0.1, 0.15) is 11.4 Å². The normalized spacial score (nSPS) is 12.2. The van der Waals surface area contributed by atoms with Crippen molar-refractivity contribution in [1.82, 2.24) is 29.7 Å². The molecule has 0 aliphatic rings. The van der Waals surface area contributed by atoms with Crippen LogP contribution in [0.2, 0.25) is 5.02 Å². The molecule has 0 saturated heterocycles. The summed E-state index contributed by atoms with van der Waals surface area (Å²) in [7, 11) is 0. The minimum Gasteiger partial charge on any atom is -0.465 e.